The number of carbonyl (C=O) groups excluding carboxylic acids is 1. The van der Waals surface area contributed by atoms with E-state index in [2.05, 4.69) is 6.07 Å². The maximum Gasteiger partial charge on any atom is 0.337 e. The number of rotatable bonds is 5. The molecule has 1 aliphatic heterocycles. The van der Waals surface area contributed by atoms with Crippen LogP contribution < -0.4 is 16.0 Å². The zero-order valence-electron chi connectivity index (χ0n) is 16.4. The number of pyridine rings is 1. The van der Waals surface area contributed by atoms with Crippen molar-refractivity contribution in [3.8, 4) is 11.8 Å². The number of hydrogen-bond acceptors (Lipinski definition) is 7. The summed E-state index contributed by atoms with van der Waals surface area (Å²) in [6, 6.07) is 10.3. The zero-order chi connectivity index (χ0) is 21.1. The summed E-state index contributed by atoms with van der Waals surface area (Å²) in [6.45, 7) is 2.52. The van der Waals surface area contributed by atoms with E-state index in [1.54, 1.807) is 48.9 Å². The predicted molar refractivity (Wildman–Crippen MR) is 104 cm³/mol. The zero-order valence-corrected chi connectivity index (χ0v) is 16.4. The van der Waals surface area contributed by atoms with Gasteiger partial charge in [-0.05, 0) is 24.6 Å². The van der Waals surface area contributed by atoms with E-state index >= 15 is 0 Å². The number of aryl methyl sites for hydroxylation is 1. The summed E-state index contributed by atoms with van der Waals surface area (Å²) in [5.74, 6) is -0.912. The first-order chi connectivity index (χ1) is 13.9. The van der Waals surface area contributed by atoms with E-state index < -0.39 is 11.9 Å². The number of allylic oxidation sites excluding steroid dienone is 1. The summed E-state index contributed by atoms with van der Waals surface area (Å²) < 4.78 is 17.0. The molecule has 0 aliphatic carbocycles. The first-order valence-electron chi connectivity index (χ1n) is 8.92. The van der Waals surface area contributed by atoms with Crippen LogP contribution in [0.25, 0.3) is 0 Å². The molecule has 0 spiro atoms. The number of aromatic nitrogens is 1. The lowest BCUT2D eigenvalue weighted by Crippen LogP contribution is -2.33. The molecule has 0 unspecified atom stereocenters. The summed E-state index contributed by atoms with van der Waals surface area (Å²) in [5.41, 5.74) is 7.86. The fraction of sp³-hybridized carbons (Fsp3) is 0.286. The second-order valence-corrected chi connectivity index (χ2v) is 6.55. The Hall–Kier alpha value is -3.57. The van der Waals surface area contributed by atoms with Crippen LogP contribution in [0.3, 0.4) is 0 Å². The van der Waals surface area contributed by atoms with Gasteiger partial charge in [0, 0.05) is 25.4 Å². The summed E-state index contributed by atoms with van der Waals surface area (Å²) in [4.78, 5) is 25.0. The first kappa shape index (κ1) is 20.2. The fourth-order valence-electron chi connectivity index (χ4n) is 3.41. The Kier molecular flexibility index (Phi) is 5.71. The normalized spacial score (nSPS) is 15.3. The molecule has 0 bridgehead atoms. The Morgan fingerprint density at radius 2 is 2.00 bits per heavy atom. The van der Waals surface area contributed by atoms with Gasteiger partial charge in [-0.15, -0.1) is 0 Å². The van der Waals surface area contributed by atoms with Crippen LogP contribution in [0.15, 0.2) is 46.6 Å². The van der Waals surface area contributed by atoms with Crippen LogP contribution in [-0.4, -0.2) is 31.4 Å². The fourth-order valence-corrected chi connectivity index (χ4v) is 3.41. The van der Waals surface area contributed by atoms with E-state index in [0.717, 1.165) is 0 Å². The number of nitrogens with zero attached hydrogens (tertiary/aromatic N) is 2. The van der Waals surface area contributed by atoms with Crippen LogP contribution >= 0.6 is 0 Å². The van der Waals surface area contributed by atoms with Gasteiger partial charge in [0.05, 0.1) is 30.8 Å². The number of fused-ring (bicyclic) bond motifs is 1. The van der Waals surface area contributed by atoms with Gasteiger partial charge in [-0.25, -0.2) is 4.79 Å². The third kappa shape index (κ3) is 3.60. The van der Waals surface area contributed by atoms with Crippen molar-refractivity contribution in [1.82, 2.24) is 4.57 Å². The molecule has 1 aliphatic rings. The van der Waals surface area contributed by atoms with Gasteiger partial charge in [-0.3, -0.25) is 4.79 Å². The van der Waals surface area contributed by atoms with Crippen molar-refractivity contribution in [2.45, 2.75) is 19.4 Å². The summed E-state index contributed by atoms with van der Waals surface area (Å²) in [5, 5.41) is 9.69. The molecule has 150 valence electrons. The highest BCUT2D eigenvalue weighted by molar-refractivity contribution is 5.89. The number of benzene rings is 1. The van der Waals surface area contributed by atoms with E-state index in [1.165, 1.54) is 7.11 Å². The quantitative estimate of drug-likeness (QED) is 0.767. The van der Waals surface area contributed by atoms with Gasteiger partial charge in [0.25, 0.3) is 5.56 Å². The molecule has 3 rings (SSSR count). The molecule has 2 N–H and O–H groups in total. The molecule has 1 aromatic carbocycles. The van der Waals surface area contributed by atoms with E-state index in [9.17, 15) is 14.9 Å². The van der Waals surface area contributed by atoms with Crippen molar-refractivity contribution in [2.24, 2.45) is 5.73 Å². The van der Waals surface area contributed by atoms with Gasteiger partial charge in [0.2, 0.25) is 5.88 Å². The highest BCUT2D eigenvalue weighted by atomic mass is 16.5. The Morgan fingerprint density at radius 1 is 1.31 bits per heavy atom. The first-order valence-corrected chi connectivity index (χ1v) is 8.92. The van der Waals surface area contributed by atoms with Gasteiger partial charge in [-0.1, -0.05) is 12.1 Å². The molecule has 8 nitrogen and oxygen atoms in total. The predicted octanol–water partition coefficient (Wildman–Crippen LogP) is 1.81. The third-order valence-electron chi connectivity index (χ3n) is 4.87. The molecule has 0 saturated carbocycles. The van der Waals surface area contributed by atoms with Crippen molar-refractivity contribution >= 4 is 5.97 Å². The van der Waals surface area contributed by atoms with Gasteiger partial charge < -0.3 is 24.5 Å². The molecule has 0 amide bonds. The Morgan fingerprint density at radius 3 is 2.59 bits per heavy atom. The summed E-state index contributed by atoms with van der Waals surface area (Å²) >= 11 is 0. The topological polar surface area (TPSA) is 117 Å². The summed E-state index contributed by atoms with van der Waals surface area (Å²) in [7, 11) is 2.86. The lowest BCUT2D eigenvalue weighted by molar-refractivity contribution is 0.0600. The monoisotopic (exact) mass is 395 g/mol. The van der Waals surface area contributed by atoms with Crippen molar-refractivity contribution in [3.63, 3.8) is 0 Å². The van der Waals surface area contributed by atoms with E-state index in [0.29, 0.717) is 41.3 Å². The number of nitrogens with two attached hydrogens (primary N) is 1. The number of esters is 1. The van der Waals surface area contributed by atoms with Crippen LogP contribution in [0.1, 0.15) is 33.1 Å². The Labute approximate surface area is 167 Å². The van der Waals surface area contributed by atoms with E-state index in [-0.39, 0.29) is 17.0 Å². The lowest BCUT2D eigenvalue weighted by atomic mass is 9.83. The highest BCUT2D eigenvalue weighted by Crippen LogP contribution is 2.40. The highest BCUT2D eigenvalue weighted by Gasteiger charge is 2.34. The number of hydrogen-bond donors (Lipinski definition) is 1. The van der Waals surface area contributed by atoms with Crippen molar-refractivity contribution < 1.29 is 19.0 Å². The molecule has 0 saturated heterocycles. The molecule has 8 heteroatoms. The van der Waals surface area contributed by atoms with Gasteiger partial charge >= 0.3 is 5.97 Å². The standard InChI is InChI=1S/C21H21N3O5/c1-12-10-16-18(20(25)24(12)8-9-27-2)17(15(11-22)19(23)29-16)13-4-6-14(7-5-13)21(26)28-3/h4-7,10,17H,8-9,23H2,1-3H3/t17-/m1/s1. The minimum atomic E-state index is -0.711. The number of carbonyl (C=O) groups is 1. The largest absolute Gasteiger partial charge is 0.465 e. The average Bonchev–Trinajstić information content (AvgIpc) is 2.72. The maximum atomic E-state index is 13.3. The number of ether oxygens (including phenoxy) is 3. The second kappa shape index (κ2) is 8.20. The minimum absolute atomic E-state index is 0.0458. The Bertz CT molecular complexity index is 1080. The maximum absolute atomic E-state index is 13.3. The van der Waals surface area contributed by atoms with Crippen LogP contribution in [0.4, 0.5) is 0 Å². The molecule has 1 aromatic heterocycles. The molecular weight excluding hydrogens is 374 g/mol. The second-order valence-electron chi connectivity index (χ2n) is 6.55. The van der Waals surface area contributed by atoms with Gasteiger partial charge in [-0.2, -0.15) is 5.26 Å². The molecule has 0 fully saturated rings. The van der Waals surface area contributed by atoms with E-state index in [1.807, 2.05) is 0 Å². The SMILES string of the molecule is COCCn1c(C)cc2c(c1=O)[C@H](c1ccc(C(=O)OC)cc1)C(C#N)=C(N)O2. The van der Waals surface area contributed by atoms with Crippen molar-refractivity contribution in [3.05, 3.63) is 74.5 Å². The smallest absolute Gasteiger partial charge is 0.337 e. The Balaban J connectivity index is 2.20. The lowest BCUT2D eigenvalue weighted by Gasteiger charge is -2.27. The molecule has 1 atom stereocenters. The molecule has 2 heterocycles. The average molecular weight is 395 g/mol. The van der Waals surface area contributed by atoms with Gasteiger partial charge in [0.1, 0.15) is 17.4 Å². The van der Waals surface area contributed by atoms with Crippen LogP contribution in [0.2, 0.25) is 0 Å². The molecule has 29 heavy (non-hydrogen) atoms. The minimum Gasteiger partial charge on any atom is -0.465 e. The number of nitriles is 1. The molecule has 2 aromatic rings. The third-order valence-corrected chi connectivity index (χ3v) is 4.87. The van der Waals surface area contributed by atoms with Crippen molar-refractivity contribution in [2.75, 3.05) is 20.8 Å². The van der Waals surface area contributed by atoms with Crippen LogP contribution in [0, 0.1) is 18.3 Å². The molecule has 0 radical (unpaired) electrons. The van der Waals surface area contributed by atoms with Gasteiger partial charge in [0.15, 0.2) is 0 Å². The summed E-state index contributed by atoms with van der Waals surface area (Å²) in [6.07, 6.45) is 0. The van der Waals surface area contributed by atoms with Crippen LogP contribution in [0.5, 0.6) is 5.75 Å². The van der Waals surface area contributed by atoms with Crippen LogP contribution in [-0.2, 0) is 16.0 Å². The van der Waals surface area contributed by atoms with Crippen molar-refractivity contribution in [1.29, 1.82) is 5.26 Å². The number of methoxy groups -OCH3 is 2. The molecular formula is C21H21N3O5. The van der Waals surface area contributed by atoms with E-state index in [4.69, 9.17) is 19.9 Å².